The van der Waals surface area contributed by atoms with Gasteiger partial charge in [0.2, 0.25) is 0 Å². The second-order valence-corrected chi connectivity index (χ2v) is 1.83. The smallest absolute Gasteiger partial charge is 0.416 e. The number of hydrogen-bond donors (Lipinski definition) is 0. The van der Waals surface area contributed by atoms with Gasteiger partial charge in [-0.25, -0.2) is 9.59 Å². The normalized spacial score (nSPS) is 8.22. The van der Waals surface area contributed by atoms with E-state index >= 15 is 0 Å². The van der Waals surface area contributed by atoms with E-state index in [1.165, 1.54) is 0 Å². The molecule has 0 atom stereocenters. The Morgan fingerprint density at radius 2 is 2.11 bits per heavy atom. The van der Waals surface area contributed by atoms with E-state index in [-0.39, 0.29) is 12.0 Å². The van der Waals surface area contributed by atoms with Crippen molar-refractivity contribution in [2.24, 2.45) is 0 Å². The molecule has 0 unspecified atom stereocenters. The molecule has 0 amide bonds. The molecule has 9 heavy (non-hydrogen) atoms. The SMILES string of the molecule is COC(=O)SOC(=O)Cl. The molecule has 0 saturated heterocycles. The van der Waals surface area contributed by atoms with Crippen LogP contribution in [-0.4, -0.2) is 17.8 Å². The van der Waals surface area contributed by atoms with E-state index in [0.717, 1.165) is 7.11 Å². The molecule has 0 aliphatic heterocycles. The lowest BCUT2D eigenvalue weighted by Gasteiger charge is -1.92. The van der Waals surface area contributed by atoms with Crippen LogP contribution in [-0.2, 0) is 8.92 Å². The maximum atomic E-state index is 10.1. The molecule has 6 heteroatoms. The fourth-order valence-electron chi connectivity index (χ4n) is 0.101. The van der Waals surface area contributed by atoms with Gasteiger partial charge in [-0.2, -0.15) is 0 Å². The quantitative estimate of drug-likeness (QED) is 0.315. The van der Waals surface area contributed by atoms with Crippen LogP contribution in [0.25, 0.3) is 0 Å². The Labute approximate surface area is 60.7 Å². The van der Waals surface area contributed by atoms with E-state index in [1.807, 2.05) is 0 Å². The van der Waals surface area contributed by atoms with Crippen molar-refractivity contribution in [3.63, 3.8) is 0 Å². The standard InChI is InChI=1S/C3H3ClO4S/c1-7-3(6)9-8-2(4)5/h1H3. The van der Waals surface area contributed by atoms with Crippen molar-refractivity contribution in [1.29, 1.82) is 0 Å². The Bertz CT molecular complexity index is 125. The molecule has 0 aliphatic rings. The van der Waals surface area contributed by atoms with E-state index < -0.39 is 10.7 Å². The first-order valence-electron chi connectivity index (χ1n) is 1.78. The summed E-state index contributed by atoms with van der Waals surface area (Å²) in [6.45, 7) is 0. The number of carbonyl (C=O) groups is 2. The van der Waals surface area contributed by atoms with Gasteiger partial charge >= 0.3 is 10.7 Å². The minimum absolute atomic E-state index is 0.242. The second kappa shape index (κ2) is 4.46. The van der Waals surface area contributed by atoms with Gasteiger partial charge in [0.05, 0.1) is 7.11 Å². The maximum absolute atomic E-state index is 10.1. The van der Waals surface area contributed by atoms with Crippen LogP contribution < -0.4 is 0 Å². The molecule has 0 spiro atoms. The highest BCUT2D eigenvalue weighted by atomic mass is 35.5. The number of hydrogen-bond acceptors (Lipinski definition) is 5. The number of rotatable bonds is 0. The first-order valence-corrected chi connectivity index (χ1v) is 2.90. The average Bonchev–Trinajstić information content (AvgIpc) is 1.83. The first kappa shape index (κ1) is 8.58. The molecule has 0 N–H and O–H groups in total. The third-order valence-corrected chi connectivity index (χ3v) is 1.05. The molecule has 4 nitrogen and oxygen atoms in total. The van der Waals surface area contributed by atoms with Gasteiger partial charge in [0.1, 0.15) is 0 Å². The van der Waals surface area contributed by atoms with Crippen molar-refractivity contribution < 1.29 is 18.5 Å². The second-order valence-electron chi connectivity index (χ2n) is 0.858. The lowest BCUT2D eigenvalue weighted by atomic mass is 11.5. The zero-order chi connectivity index (χ0) is 7.28. The van der Waals surface area contributed by atoms with Crippen LogP contribution in [0.1, 0.15) is 0 Å². The Morgan fingerprint density at radius 1 is 1.56 bits per heavy atom. The molecule has 0 fully saturated rings. The van der Waals surface area contributed by atoms with Gasteiger partial charge < -0.3 is 8.92 Å². The zero-order valence-electron chi connectivity index (χ0n) is 4.42. The zero-order valence-corrected chi connectivity index (χ0v) is 5.99. The number of ether oxygens (including phenoxy) is 1. The predicted molar refractivity (Wildman–Crippen MR) is 32.3 cm³/mol. The third-order valence-electron chi connectivity index (χ3n) is 0.342. The van der Waals surface area contributed by atoms with Crippen LogP contribution >= 0.6 is 23.6 Å². The largest absolute Gasteiger partial charge is 0.459 e. The molecule has 52 valence electrons. The summed E-state index contributed by atoms with van der Waals surface area (Å²) in [6.07, 6.45) is 0. The van der Waals surface area contributed by atoms with Gasteiger partial charge in [-0.05, 0) is 0 Å². The van der Waals surface area contributed by atoms with Crippen LogP contribution in [0.5, 0.6) is 0 Å². The van der Waals surface area contributed by atoms with Crippen LogP contribution in [0.3, 0.4) is 0 Å². The van der Waals surface area contributed by atoms with Crippen LogP contribution in [0.2, 0.25) is 0 Å². The Balaban J connectivity index is 3.28. The molecule has 0 radical (unpaired) electrons. The molecule has 0 heterocycles. The fraction of sp³-hybridized carbons (Fsp3) is 0.333. The van der Waals surface area contributed by atoms with Crippen molar-refractivity contribution in [1.82, 2.24) is 0 Å². The van der Waals surface area contributed by atoms with Crippen molar-refractivity contribution in [3.05, 3.63) is 0 Å². The van der Waals surface area contributed by atoms with E-state index in [0.29, 0.717) is 0 Å². The lowest BCUT2D eigenvalue weighted by molar-refractivity contribution is 0.197. The van der Waals surface area contributed by atoms with Gasteiger partial charge in [0, 0.05) is 11.6 Å². The third kappa shape index (κ3) is 5.45. The van der Waals surface area contributed by atoms with Crippen molar-refractivity contribution in [3.8, 4) is 0 Å². The molecule has 0 aromatic rings. The van der Waals surface area contributed by atoms with Crippen LogP contribution in [0, 0.1) is 0 Å². The lowest BCUT2D eigenvalue weighted by Crippen LogP contribution is -1.93. The highest BCUT2D eigenvalue weighted by Crippen LogP contribution is 2.07. The number of carbonyl (C=O) groups excluding carboxylic acids is 2. The van der Waals surface area contributed by atoms with E-state index in [4.69, 9.17) is 0 Å². The van der Waals surface area contributed by atoms with Crippen molar-refractivity contribution >= 4 is 34.4 Å². The summed E-state index contributed by atoms with van der Waals surface area (Å²) < 4.78 is 8.05. The van der Waals surface area contributed by atoms with Gasteiger partial charge in [0.25, 0.3) is 0 Å². The minimum Gasteiger partial charge on any atom is -0.459 e. The minimum atomic E-state index is -1.05. The van der Waals surface area contributed by atoms with Crippen molar-refractivity contribution in [2.75, 3.05) is 7.11 Å². The fourth-order valence-corrected chi connectivity index (χ4v) is 0.397. The Morgan fingerprint density at radius 3 is 2.44 bits per heavy atom. The van der Waals surface area contributed by atoms with Gasteiger partial charge in [0.15, 0.2) is 12.0 Å². The molecule has 0 saturated carbocycles. The molecule has 0 aromatic carbocycles. The summed E-state index contributed by atoms with van der Waals surface area (Å²) in [5, 5.41) is -0.719. The highest BCUT2D eigenvalue weighted by Gasteiger charge is 2.04. The molecule has 0 rings (SSSR count). The summed E-state index contributed by atoms with van der Waals surface area (Å²) in [5.41, 5.74) is -1.05. The molecule has 0 aromatic heterocycles. The van der Waals surface area contributed by atoms with Gasteiger partial charge in [-0.1, -0.05) is 0 Å². The van der Waals surface area contributed by atoms with Gasteiger partial charge in [-0.3, -0.25) is 0 Å². The predicted octanol–water partition coefficient (Wildman–Crippen LogP) is 1.78. The van der Waals surface area contributed by atoms with Crippen molar-refractivity contribution in [2.45, 2.75) is 0 Å². The van der Waals surface area contributed by atoms with Gasteiger partial charge in [-0.15, -0.1) is 0 Å². The van der Waals surface area contributed by atoms with E-state index in [2.05, 4.69) is 20.5 Å². The molecule has 0 bridgehead atoms. The first-order chi connectivity index (χ1) is 4.16. The summed E-state index contributed by atoms with van der Waals surface area (Å²) >= 11 is 4.93. The Hall–Kier alpha value is -0.420. The van der Waals surface area contributed by atoms with Crippen LogP contribution in [0.4, 0.5) is 9.59 Å². The maximum Gasteiger partial charge on any atom is 0.416 e. The summed E-state index contributed by atoms with van der Waals surface area (Å²) in [4.78, 5) is 19.9. The number of halogens is 1. The molecular formula is C3H3ClO4S. The summed E-state index contributed by atoms with van der Waals surface area (Å²) in [7, 11) is 1.16. The Kier molecular flexibility index (Phi) is 4.25. The summed E-state index contributed by atoms with van der Waals surface area (Å²) in [5.74, 6) is 0. The highest BCUT2D eigenvalue weighted by molar-refractivity contribution is 8.09. The van der Waals surface area contributed by atoms with Crippen LogP contribution in [0.15, 0.2) is 0 Å². The topological polar surface area (TPSA) is 52.6 Å². The van der Waals surface area contributed by atoms with E-state index in [1.54, 1.807) is 0 Å². The molecule has 0 aliphatic carbocycles. The summed E-state index contributed by atoms with van der Waals surface area (Å²) in [6, 6.07) is 0. The monoisotopic (exact) mass is 170 g/mol. The molecular weight excluding hydrogens is 168 g/mol. The van der Waals surface area contributed by atoms with E-state index in [9.17, 15) is 9.59 Å². The number of methoxy groups -OCH3 is 1. The average molecular weight is 171 g/mol.